The highest BCUT2D eigenvalue weighted by atomic mass is 16.4. The molecule has 0 bridgehead atoms. The number of benzene rings is 1. The van der Waals surface area contributed by atoms with Crippen LogP contribution in [0.3, 0.4) is 0 Å². The number of fused-ring (bicyclic) bond motifs is 1. The van der Waals surface area contributed by atoms with E-state index in [2.05, 4.69) is 0 Å². The van der Waals surface area contributed by atoms with Crippen LogP contribution in [0.15, 0.2) is 51.5 Å². The van der Waals surface area contributed by atoms with E-state index in [1.165, 1.54) is 11.0 Å². The van der Waals surface area contributed by atoms with E-state index in [1.54, 1.807) is 7.05 Å². The van der Waals surface area contributed by atoms with Gasteiger partial charge in [0.15, 0.2) is 5.76 Å². The second kappa shape index (κ2) is 5.64. The van der Waals surface area contributed by atoms with Crippen molar-refractivity contribution in [2.45, 2.75) is 13.0 Å². The predicted octanol–water partition coefficient (Wildman–Crippen LogP) is 3.56. The molecule has 23 heavy (non-hydrogen) atoms. The summed E-state index contributed by atoms with van der Waals surface area (Å²) in [6.45, 7) is 1.83. The summed E-state index contributed by atoms with van der Waals surface area (Å²) in [5, 5.41) is 9.85. The second-order valence-corrected chi connectivity index (χ2v) is 5.28. The molecule has 1 amide bonds. The molecule has 1 atom stereocenters. The first kappa shape index (κ1) is 14.9. The number of nitrogens with zero attached hydrogens (tertiary/aromatic N) is 1. The maximum Gasteiger partial charge on any atom is 0.338 e. The number of carbonyl (C=O) groups is 2. The normalized spacial score (nSPS) is 12.3. The lowest BCUT2D eigenvalue weighted by molar-refractivity contribution is 0.0687. The monoisotopic (exact) mass is 313 g/mol. The van der Waals surface area contributed by atoms with Crippen LogP contribution < -0.4 is 0 Å². The third kappa shape index (κ3) is 2.70. The van der Waals surface area contributed by atoms with E-state index in [4.69, 9.17) is 13.9 Å². The molecular formula is C17H15NO5. The molecule has 0 saturated carbocycles. The average molecular weight is 313 g/mol. The molecule has 2 aromatic heterocycles. The third-order valence-electron chi connectivity index (χ3n) is 3.81. The summed E-state index contributed by atoms with van der Waals surface area (Å²) in [6.07, 6.45) is 1.05. The lowest BCUT2D eigenvalue weighted by atomic mass is 10.2. The quantitative estimate of drug-likeness (QED) is 0.796. The smallest absolute Gasteiger partial charge is 0.338 e. The number of carboxylic acid groups (broad SMARTS) is 1. The van der Waals surface area contributed by atoms with E-state index < -0.39 is 11.9 Å². The van der Waals surface area contributed by atoms with Gasteiger partial charge >= 0.3 is 5.97 Å². The van der Waals surface area contributed by atoms with Crippen molar-refractivity contribution in [1.82, 2.24) is 4.90 Å². The molecule has 0 aliphatic carbocycles. The van der Waals surface area contributed by atoms with Crippen molar-refractivity contribution >= 4 is 22.8 Å². The molecule has 1 N–H and O–H groups in total. The molecule has 0 radical (unpaired) electrons. The van der Waals surface area contributed by atoms with Crippen LogP contribution in [0.4, 0.5) is 0 Å². The van der Waals surface area contributed by atoms with Crippen LogP contribution in [0, 0.1) is 0 Å². The fourth-order valence-electron chi connectivity index (χ4n) is 2.31. The van der Waals surface area contributed by atoms with Crippen molar-refractivity contribution in [3.8, 4) is 0 Å². The lowest BCUT2D eigenvalue weighted by Crippen LogP contribution is -2.29. The van der Waals surface area contributed by atoms with Crippen molar-refractivity contribution in [2.75, 3.05) is 7.05 Å². The molecule has 118 valence electrons. The van der Waals surface area contributed by atoms with Gasteiger partial charge in [-0.25, -0.2) is 4.79 Å². The van der Waals surface area contributed by atoms with Crippen molar-refractivity contribution in [3.05, 3.63) is 59.7 Å². The maximum atomic E-state index is 12.4. The molecule has 0 saturated heterocycles. The Morgan fingerprint density at radius 1 is 1.22 bits per heavy atom. The van der Waals surface area contributed by atoms with Gasteiger partial charge in [0.2, 0.25) is 0 Å². The topological polar surface area (TPSA) is 83.9 Å². The zero-order valence-electron chi connectivity index (χ0n) is 12.6. The minimum atomic E-state index is -1.14. The molecule has 0 aliphatic rings. The Bertz CT molecular complexity index is 843. The van der Waals surface area contributed by atoms with Gasteiger partial charge in [-0.3, -0.25) is 4.79 Å². The number of furan rings is 2. The molecule has 0 unspecified atom stereocenters. The van der Waals surface area contributed by atoms with E-state index in [0.717, 1.165) is 17.2 Å². The van der Waals surface area contributed by atoms with E-state index in [0.29, 0.717) is 5.76 Å². The summed E-state index contributed by atoms with van der Waals surface area (Å²) in [5.74, 6) is -0.925. The van der Waals surface area contributed by atoms with Gasteiger partial charge in [-0.05, 0) is 19.1 Å². The van der Waals surface area contributed by atoms with Gasteiger partial charge in [-0.2, -0.15) is 0 Å². The zero-order valence-corrected chi connectivity index (χ0v) is 12.6. The van der Waals surface area contributed by atoms with Gasteiger partial charge < -0.3 is 18.8 Å². The molecule has 6 nitrogen and oxygen atoms in total. The molecular weight excluding hydrogens is 298 g/mol. The Labute approximate surface area is 131 Å². The van der Waals surface area contributed by atoms with Gasteiger partial charge in [0, 0.05) is 18.5 Å². The standard InChI is InChI=1S/C17H15NO5/c1-10(14-7-11-5-3-4-6-13(11)23-14)18(2)16(19)15-8-12(9-22-15)17(20)21/h3-10H,1-2H3,(H,20,21)/t10-/m0/s1. The molecule has 0 spiro atoms. The number of rotatable bonds is 4. The maximum absolute atomic E-state index is 12.4. The minimum absolute atomic E-state index is 0.0205. The van der Waals surface area contributed by atoms with E-state index >= 15 is 0 Å². The third-order valence-corrected chi connectivity index (χ3v) is 3.81. The van der Waals surface area contributed by atoms with E-state index in [9.17, 15) is 9.59 Å². The molecule has 3 aromatic rings. The Balaban J connectivity index is 1.84. The highest BCUT2D eigenvalue weighted by molar-refractivity contribution is 5.95. The predicted molar refractivity (Wildman–Crippen MR) is 82.4 cm³/mol. The molecule has 1 aromatic carbocycles. The number of hydrogen-bond donors (Lipinski definition) is 1. The first-order chi connectivity index (χ1) is 11.0. The van der Waals surface area contributed by atoms with E-state index in [1.807, 2.05) is 37.3 Å². The number of aromatic carboxylic acids is 1. The molecule has 3 rings (SSSR count). The molecule has 0 fully saturated rings. The van der Waals surface area contributed by atoms with Gasteiger partial charge in [-0.1, -0.05) is 18.2 Å². The van der Waals surface area contributed by atoms with Gasteiger partial charge in [0.05, 0.1) is 11.6 Å². The van der Waals surface area contributed by atoms with Crippen molar-refractivity contribution in [3.63, 3.8) is 0 Å². The number of amides is 1. The first-order valence-corrected chi connectivity index (χ1v) is 7.05. The Kier molecular flexibility index (Phi) is 3.65. The lowest BCUT2D eigenvalue weighted by Gasteiger charge is -2.22. The summed E-state index contributed by atoms with van der Waals surface area (Å²) in [7, 11) is 1.61. The number of para-hydroxylation sites is 1. The SMILES string of the molecule is C[C@@H](c1cc2ccccc2o1)N(C)C(=O)c1cc(C(=O)O)co1. The van der Waals surface area contributed by atoms with Crippen LogP contribution in [-0.4, -0.2) is 28.9 Å². The van der Waals surface area contributed by atoms with Crippen LogP contribution in [0.1, 0.15) is 39.6 Å². The Morgan fingerprint density at radius 3 is 2.61 bits per heavy atom. The molecule has 0 aliphatic heterocycles. The minimum Gasteiger partial charge on any atom is -0.478 e. The van der Waals surface area contributed by atoms with Gasteiger partial charge in [-0.15, -0.1) is 0 Å². The van der Waals surface area contributed by atoms with Crippen LogP contribution in [0.5, 0.6) is 0 Å². The summed E-state index contributed by atoms with van der Waals surface area (Å²) >= 11 is 0. The first-order valence-electron chi connectivity index (χ1n) is 7.05. The van der Waals surface area contributed by atoms with Crippen LogP contribution in [-0.2, 0) is 0 Å². The highest BCUT2D eigenvalue weighted by Gasteiger charge is 2.24. The van der Waals surface area contributed by atoms with E-state index in [-0.39, 0.29) is 17.4 Å². The number of carboxylic acids is 1. The van der Waals surface area contributed by atoms with Crippen LogP contribution in [0.2, 0.25) is 0 Å². The summed E-state index contributed by atoms with van der Waals surface area (Å²) in [5.41, 5.74) is 0.694. The van der Waals surface area contributed by atoms with Gasteiger partial charge in [0.1, 0.15) is 17.6 Å². The van der Waals surface area contributed by atoms with Crippen molar-refractivity contribution < 1.29 is 23.5 Å². The highest BCUT2D eigenvalue weighted by Crippen LogP contribution is 2.27. The van der Waals surface area contributed by atoms with Gasteiger partial charge in [0.25, 0.3) is 5.91 Å². The number of hydrogen-bond acceptors (Lipinski definition) is 4. The Hall–Kier alpha value is -3.02. The Morgan fingerprint density at radius 2 is 1.96 bits per heavy atom. The fourth-order valence-corrected chi connectivity index (χ4v) is 2.31. The van der Waals surface area contributed by atoms with Crippen molar-refractivity contribution in [2.24, 2.45) is 0 Å². The summed E-state index contributed by atoms with van der Waals surface area (Å²) in [6, 6.07) is 10.4. The number of carbonyl (C=O) groups excluding carboxylic acids is 1. The second-order valence-electron chi connectivity index (χ2n) is 5.28. The summed E-state index contributed by atoms with van der Waals surface area (Å²) < 4.78 is 10.8. The van der Waals surface area contributed by atoms with Crippen LogP contribution >= 0.6 is 0 Å². The fraction of sp³-hybridized carbons (Fsp3) is 0.176. The van der Waals surface area contributed by atoms with Crippen LogP contribution in [0.25, 0.3) is 11.0 Å². The average Bonchev–Trinajstić information content (AvgIpc) is 3.19. The molecule has 2 heterocycles. The molecule has 6 heteroatoms. The van der Waals surface area contributed by atoms with Crippen molar-refractivity contribution in [1.29, 1.82) is 0 Å². The largest absolute Gasteiger partial charge is 0.478 e. The summed E-state index contributed by atoms with van der Waals surface area (Å²) in [4.78, 5) is 24.7. The zero-order chi connectivity index (χ0) is 16.6.